The molecule has 0 bridgehead atoms. The number of aliphatic hydroxyl groups is 2. The Morgan fingerprint density at radius 1 is 1.63 bits per heavy atom. The van der Waals surface area contributed by atoms with E-state index in [0.29, 0.717) is 5.70 Å². The van der Waals surface area contributed by atoms with Crippen molar-refractivity contribution in [3.8, 4) is 0 Å². The maximum Gasteiger partial charge on any atom is 0.319 e. The maximum atomic E-state index is 13.8. The van der Waals surface area contributed by atoms with Crippen molar-refractivity contribution in [3.05, 3.63) is 34.5 Å². The lowest BCUT2D eigenvalue weighted by Gasteiger charge is -2.31. The van der Waals surface area contributed by atoms with Gasteiger partial charge in [-0.25, -0.2) is 0 Å². The number of alkyl halides is 2. The van der Waals surface area contributed by atoms with Crippen LogP contribution in [0, 0.1) is 0 Å². The van der Waals surface area contributed by atoms with E-state index in [-0.39, 0.29) is 6.54 Å². The molecule has 1 saturated heterocycles. The van der Waals surface area contributed by atoms with Crippen molar-refractivity contribution in [2.45, 2.75) is 24.4 Å². The van der Waals surface area contributed by atoms with Gasteiger partial charge in [-0.05, 0) is 11.6 Å². The monoisotopic (exact) mass is 274 g/mol. The van der Waals surface area contributed by atoms with Crippen molar-refractivity contribution in [2.24, 2.45) is 5.11 Å². The summed E-state index contributed by atoms with van der Waals surface area (Å²) in [7, 11) is 0. The van der Waals surface area contributed by atoms with Gasteiger partial charge in [0.05, 0.1) is 6.61 Å². The molecule has 9 heteroatoms. The molecular weight excluding hydrogens is 262 g/mol. The zero-order valence-corrected chi connectivity index (χ0v) is 9.73. The number of rotatable bonds is 3. The van der Waals surface area contributed by atoms with Gasteiger partial charge in [0.25, 0.3) is 0 Å². The van der Waals surface area contributed by atoms with Crippen molar-refractivity contribution in [3.63, 3.8) is 0 Å². The third-order valence-corrected chi connectivity index (χ3v) is 2.97. The molecule has 2 rings (SSSR count). The standard InChI is InChI=1S/C10H12F2N4O3/c11-10(12)8(18)7(5-17)19-9(10)16-3-1-6(2-4-16)14-15-13/h1-3,7-9,17-18H,4-5H2/t7-,8-,9-/m1/s1. The summed E-state index contributed by atoms with van der Waals surface area (Å²) in [5, 5.41) is 21.6. The van der Waals surface area contributed by atoms with Gasteiger partial charge >= 0.3 is 5.92 Å². The molecular formula is C10H12F2N4O3. The Labute approximate surface area is 107 Å². The zero-order chi connectivity index (χ0) is 14.0. The van der Waals surface area contributed by atoms with Crippen LogP contribution in [0.2, 0.25) is 0 Å². The van der Waals surface area contributed by atoms with E-state index in [9.17, 15) is 13.9 Å². The second kappa shape index (κ2) is 5.14. The molecule has 0 saturated carbocycles. The average molecular weight is 274 g/mol. The van der Waals surface area contributed by atoms with Crippen molar-refractivity contribution in [1.29, 1.82) is 0 Å². The van der Waals surface area contributed by atoms with Crippen LogP contribution in [-0.2, 0) is 4.74 Å². The lowest BCUT2D eigenvalue weighted by atomic mass is 10.1. The second-order valence-electron chi connectivity index (χ2n) is 4.16. The van der Waals surface area contributed by atoms with Gasteiger partial charge in [0.15, 0.2) is 12.3 Å². The number of ether oxygens (including phenoxy) is 1. The molecule has 0 aromatic carbocycles. The van der Waals surface area contributed by atoms with Crippen molar-refractivity contribution < 1.29 is 23.7 Å². The summed E-state index contributed by atoms with van der Waals surface area (Å²) in [6.45, 7) is -0.638. The minimum absolute atomic E-state index is 0.0516. The first-order chi connectivity index (χ1) is 9.00. The minimum Gasteiger partial charge on any atom is -0.394 e. The van der Waals surface area contributed by atoms with Crippen LogP contribution in [0.3, 0.4) is 0 Å². The summed E-state index contributed by atoms with van der Waals surface area (Å²) in [6, 6.07) is 0. The Morgan fingerprint density at radius 3 is 2.84 bits per heavy atom. The molecule has 2 heterocycles. The van der Waals surface area contributed by atoms with E-state index in [2.05, 4.69) is 10.0 Å². The largest absolute Gasteiger partial charge is 0.394 e. The van der Waals surface area contributed by atoms with E-state index in [1.54, 1.807) is 0 Å². The average Bonchev–Trinajstić information content (AvgIpc) is 2.63. The zero-order valence-electron chi connectivity index (χ0n) is 9.73. The molecule has 104 valence electrons. The van der Waals surface area contributed by atoms with Gasteiger partial charge in [0, 0.05) is 23.4 Å². The van der Waals surface area contributed by atoms with Crippen molar-refractivity contribution in [1.82, 2.24) is 4.90 Å². The molecule has 0 aliphatic carbocycles. The highest BCUT2D eigenvalue weighted by molar-refractivity contribution is 5.22. The third-order valence-electron chi connectivity index (χ3n) is 2.97. The van der Waals surface area contributed by atoms with Crippen LogP contribution < -0.4 is 0 Å². The number of allylic oxidation sites excluding steroid dienone is 1. The van der Waals surface area contributed by atoms with Crippen LogP contribution in [0.25, 0.3) is 10.4 Å². The van der Waals surface area contributed by atoms with Crippen LogP contribution in [0.5, 0.6) is 0 Å². The topological polar surface area (TPSA) is 102 Å². The fraction of sp³-hybridized carbons (Fsp3) is 0.600. The summed E-state index contributed by atoms with van der Waals surface area (Å²) in [6.07, 6.45) is -0.928. The Hall–Kier alpha value is -1.67. The van der Waals surface area contributed by atoms with E-state index in [4.69, 9.17) is 15.4 Å². The van der Waals surface area contributed by atoms with Gasteiger partial charge in [0.1, 0.15) is 6.10 Å². The Morgan fingerprint density at radius 2 is 2.37 bits per heavy atom. The number of nitrogens with zero attached hydrogens (tertiary/aromatic N) is 4. The Balaban J connectivity index is 2.12. The highest BCUT2D eigenvalue weighted by Crippen LogP contribution is 2.38. The predicted octanol–water partition coefficient (Wildman–Crippen LogP) is 0.723. The number of aliphatic hydroxyl groups excluding tert-OH is 2. The summed E-state index contributed by atoms with van der Waals surface area (Å²) in [5.41, 5.74) is 8.56. The molecule has 3 atom stereocenters. The van der Waals surface area contributed by atoms with Crippen LogP contribution >= 0.6 is 0 Å². The van der Waals surface area contributed by atoms with Gasteiger partial charge in [-0.15, -0.1) is 0 Å². The Kier molecular flexibility index (Phi) is 3.72. The Bertz CT molecular complexity index is 462. The third kappa shape index (κ3) is 2.41. The van der Waals surface area contributed by atoms with E-state index in [1.165, 1.54) is 18.4 Å². The van der Waals surface area contributed by atoms with Gasteiger partial charge in [-0.3, -0.25) is 0 Å². The van der Waals surface area contributed by atoms with Gasteiger partial charge in [-0.2, -0.15) is 8.78 Å². The van der Waals surface area contributed by atoms with Crippen molar-refractivity contribution >= 4 is 0 Å². The summed E-state index contributed by atoms with van der Waals surface area (Å²) < 4.78 is 32.6. The number of azide groups is 1. The first-order valence-corrected chi connectivity index (χ1v) is 5.52. The lowest BCUT2D eigenvalue weighted by Crippen LogP contribution is -2.47. The maximum absolute atomic E-state index is 13.8. The molecule has 0 spiro atoms. The van der Waals surface area contributed by atoms with Crippen molar-refractivity contribution in [2.75, 3.05) is 13.2 Å². The van der Waals surface area contributed by atoms with E-state index >= 15 is 0 Å². The minimum atomic E-state index is -3.50. The van der Waals surface area contributed by atoms with E-state index in [0.717, 1.165) is 4.90 Å². The number of hydrogen-bond acceptors (Lipinski definition) is 5. The normalized spacial score (nSPS) is 32.9. The molecule has 0 amide bonds. The summed E-state index contributed by atoms with van der Waals surface area (Å²) in [4.78, 5) is 3.74. The highest BCUT2D eigenvalue weighted by Gasteiger charge is 2.59. The molecule has 19 heavy (non-hydrogen) atoms. The van der Waals surface area contributed by atoms with Gasteiger partial charge in [-0.1, -0.05) is 11.2 Å². The first-order valence-electron chi connectivity index (χ1n) is 5.52. The quantitative estimate of drug-likeness (QED) is 0.450. The predicted molar refractivity (Wildman–Crippen MR) is 59.8 cm³/mol. The first kappa shape index (κ1) is 13.8. The van der Waals surface area contributed by atoms with Crippen LogP contribution in [0.4, 0.5) is 8.78 Å². The van der Waals surface area contributed by atoms with Gasteiger partial charge < -0.3 is 19.8 Å². The summed E-state index contributed by atoms with van der Waals surface area (Å²) >= 11 is 0. The van der Waals surface area contributed by atoms with Gasteiger partial charge in [0.2, 0.25) is 0 Å². The van der Waals surface area contributed by atoms with Crippen LogP contribution in [0.1, 0.15) is 0 Å². The lowest BCUT2D eigenvalue weighted by molar-refractivity contribution is -0.154. The molecule has 2 aliphatic rings. The van der Waals surface area contributed by atoms with Crippen LogP contribution in [0.15, 0.2) is 29.2 Å². The van der Waals surface area contributed by atoms with E-state index in [1.807, 2.05) is 0 Å². The molecule has 1 fully saturated rings. The molecule has 0 unspecified atom stereocenters. The van der Waals surface area contributed by atoms with Crippen LogP contribution in [-0.4, -0.2) is 52.6 Å². The highest BCUT2D eigenvalue weighted by atomic mass is 19.3. The SMILES string of the molecule is [N-]=[N+]=NC1=CCN([C@@H]2O[C@H](CO)[C@@H](O)C2(F)F)C=C1. The molecule has 2 N–H and O–H groups in total. The number of hydrogen-bond donors (Lipinski definition) is 2. The molecule has 0 aromatic rings. The van der Waals surface area contributed by atoms with E-state index < -0.39 is 31.0 Å². The molecule has 0 aromatic heterocycles. The molecule has 0 radical (unpaired) electrons. The fourth-order valence-corrected chi connectivity index (χ4v) is 1.97. The smallest absolute Gasteiger partial charge is 0.319 e. The molecule has 2 aliphatic heterocycles. The second-order valence-corrected chi connectivity index (χ2v) is 4.16. The summed E-state index contributed by atoms with van der Waals surface area (Å²) in [5.74, 6) is -3.50. The molecule has 7 nitrogen and oxygen atoms in total. The number of halogens is 2. The fourth-order valence-electron chi connectivity index (χ4n) is 1.97.